The van der Waals surface area contributed by atoms with Crippen molar-refractivity contribution in [1.29, 1.82) is 0 Å². The van der Waals surface area contributed by atoms with Crippen LogP contribution in [0.2, 0.25) is 0 Å². The number of nitrogens with zero attached hydrogens (tertiary/aromatic N) is 1. The molecule has 0 saturated heterocycles. The Balaban J connectivity index is 2.09. The van der Waals surface area contributed by atoms with Gasteiger partial charge in [-0.15, -0.1) is 0 Å². The van der Waals surface area contributed by atoms with Gasteiger partial charge in [-0.25, -0.2) is 0 Å². The van der Waals surface area contributed by atoms with Crippen LogP contribution in [0.5, 0.6) is 5.75 Å². The third kappa shape index (κ3) is 4.15. The van der Waals surface area contributed by atoms with E-state index >= 15 is 0 Å². The number of ether oxygens (including phenoxy) is 1. The van der Waals surface area contributed by atoms with Crippen LogP contribution in [0.4, 0.5) is 5.69 Å². The Morgan fingerprint density at radius 3 is 2.71 bits per heavy atom. The minimum Gasteiger partial charge on any atom is -0.484 e. The summed E-state index contributed by atoms with van der Waals surface area (Å²) in [7, 11) is 1.79. The van der Waals surface area contributed by atoms with E-state index in [-0.39, 0.29) is 18.0 Å². The van der Waals surface area contributed by atoms with Crippen molar-refractivity contribution in [3.05, 3.63) is 33.9 Å². The number of aliphatic hydroxyl groups is 1. The second kappa shape index (κ2) is 6.87. The summed E-state index contributed by atoms with van der Waals surface area (Å²) < 4.78 is 5.56. The average molecular weight is 294 g/mol. The fraction of sp³-hybridized carbons (Fsp3) is 0.600. The summed E-state index contributed by atoms with van der Waals surface area (Å²) >= 11 is 0. The van der Waals surface area contributed by atoms with Gasteiger partial charge in [0.15, 0.2) is 5.75 Å². The van der Waals surface area contributed by atoms with E-state index in [4.69, 9.17) is 4.74 Å². The molecule has 0 spiro atoms. The van der Waals surface area contributed by atoms with Gasteiger partial charge in [-0.3, -0.25) is 10.1 Å². The number of nitro groups is 1. The zero-order valence-electron chi connectivity index (χ0n) is 12.3. The van der Waals surface area contributed by atoms with Gasteiger partial charge in [-0.1, -0.05) is 25.3 Å². The lowest BCUT2D eigenvalue weighted by Gasteiger charge is -2.31. The van der Waals surface area contributed by atoms with Gasteiger partial charge in [0, 0.05) is 12.6 Å². The van der Waals surface area contributed by atoms with Gasteiger partial charge in [0.05, 0.1) is 10.5 Å². The summed E-state index contributed by atoms with van der Waals surface area (Å²) in [4.78, 5) is 10.7. The summed E-state index contributed by atoms with van der Waals surface area (Å²) in [6, 6.07) is 4.91. The smallest absolute Gasteiger partial charge is 0.311 e. The van der Waals surface area contributed by atoms with Crippen LogP contribution in [-0.4, -0.2) is 29.3 Å². The van der Waals surface area contributed by atoms with Crippen molar-refractivity contribution < 1.29 is 14.8 Å². The SMILES string of the molecule is CNCc1ccc(OCC2(O)CCCCC2)c([N+](=O)[O-])c1. The molecular weight excluding hydrogens is 272 g/mol. The Bertz CT molecular complexity index is 498. The molecule has 1 saturated carbocycles. The molecule has 2 rings (SSSR count). The van der Waals surface area contributed by atoms with Gasteiger partial charge in [0.25, 0.3) is 0 Å². The molecule has 1 aromatic rings. The van der Waals surface area contributed by atoms with Crippen LogP contribution < -0.4 is 10.1 Å². The van der Waals surface area contributed by atoms with Crippen LogP contribution in [0.3, 0.4) is 0 Å². The highest BCUT2D eigenvalue weighted by atomic mass is 16.6. The van der Waals surface area contributed by atoms with E-state index in [0.717, 1.165) is 24.8 Å². The normalized spacial score (nSPS) is 17.4. The number of nitrogens with one attached hydrogen (secondary N) is 1. The number of benzene rings is 1. The van der Waals surface area contributed by atoms with E-state index in [1.54, 1.807) is 19.2 Å². The molecule has 0 heterocycles. The molecule has 21 heavy (non-hydrogen) atoms. The van der Waals surface area contributed by atoms with Crippen molar-refractivity contribution in [3.63, 3.8) is 0 Å². The summed E-state index contributed by atoms with van der Waals surface area (Å²) in [6.45, 7) is 0.671. The van der Waals surface area contributed by atoms with E-state index in [0.29, 0.717) is 19.4 Å². The van der Waals surface area contributed by atoms with Crippen molar-refractivity contribution in [3.8, 4) is 5.75 Å². The maximum absolute atomic E-state index is 11.2. The van der Waals surface area contributed by atoms with Gasteiger partial charge in [-0.2, -0.15) is 0 Å². The second-order valence-corrected chi connectivity index (χ2v) is 5.66. The fourth-order valence-corrected chi connectivity index (χ4v) is 2.71. The lowest BCUT2D eigenvalue weighted by atomic mass is 9.85. The predicted octanol–water partition coefficient (Wildman–Crippen LogP) is 2.39. The molecule has 1 aliphatic rings. The van der Waals surface area contributed by atoms with E-state index in [9.17, 15) is 15.2 Å². The van der Waals surface area contributed by atoms with Crippen LogP contribution in [0.1, 0.15) is 37.7 Å². The van der Waals surface area contributed by atoms with Crippen LogP contribution >= 0.6 is 0 Å². The lowest BCUT2D eigenvalue weighted by molar-refractivity contribution is -0.386. The molecule has 2 N–H and O–H groups in total. The molecule has 0 aliphatic heterocycles. The summed E-state index contributed by atoms with van der Waals surface area (Å²) in [6.07, 6.45) is 4.46. The van der Waals surface area contributed by atoms with E-state index in [2.05, 4.69) is 5.32 Å². The topological polar surface area (TPSA) is 84.6 Å². The standard InChI is InChI=1S/C15H22N2O4/c1-16-10-12-5-6-14(13(9-12)17(19)20)21-11-15(18)7-3-2-4-8-15/h5-6,9,16,18H,2-4,7-8,10-11H2,1H3. The molecule has 116 valence electrons. The van der Waals surface area contributed by atoms with E-state index in [1.807, 2.05) is 0 Å². The molecule has 0 atom stereocenters. The number of rotatable bonds is 6. The summed E-state index contributed by atoms with van der Waals surface area (Å²) in [5.41, 5.74) is -0.0782. The molecular formula is C15H22N2O4. The fourth-order valence-electron chi connectivity index (χ4n) is 2.71. The molecule has 1 aliphatic carbocycles. The highest BCUT2D eigenvalue weighted by Crippen LogP contribution is 2.32. The maximum atomic E-state index is 11.2. The number of nitro benzene ring substituents is 1. The van der Waals surface area contributed by atoms with Crippen molar-refractivity contribution in [2.24, 2.45) is 0 Å². The number of hydrogen-bond donors (Lipinski definition) is 2. The Morgan fingerprint density at radius 2 is 2.10 bits per heavy atom. The van der Waals surface area contributed by atoms with E-state index < -0.39 is 10.5 Å². The second-order valence-electron chi connectivity index (χ2n) is 5.66. The van der Waals surface area contributed by atoms with E-state index in [1.165, 1.54) is 6.07 Å². The molecule has 6 heteroatoms. The molecule has 1 fully saturated rings. The van der Waals surface area contributed by atoms with Gasteiger partial charge in [0.1, 0.15) is 6.61 Å². The molecule has 0 radical (unpaired) electrons. The van der Waals surface area contributed by atoms with Crippen molar-refractivity contribution >= 4 is 5.69 Å². The molecule has 6 nitrogen and oxygen atoms in total. The zero-order chi connectivity index (χ0) is 15.3. The first kappa shape index (κ1) is 15.7. The summed E-state index contributed by atoms with van der Waals surface area (Å²) in [5, 5.41) is 24.5. The Kier molecular flexibility index (Phi) is 5.14. The molecule has 0 bridgehead atoms. The van der Waals surface area contributed by atoms with Crippen LogP contribution in [0.15, 0.2) is 18.2 Å². The Labute approximate surface area is 124 Å². The average Bonchev–Trinajstić information content (AvgIpc) is 2.47. The van der Waals surface area contributed by atoms with Crippen molar-refractivity contribution in [1.82, 2.24) is 5.32 Å². The zero-order valence-corrected chi connectivity index (χ0v) is 12.3. The minimum absolute atomic E-state index is 0.0536. The van der Waals surface area contributed by atoms with Crippen LogP contribution in [-0.2, 0) is 6.54 Å². The first-order valence-corrected chi connectivity index (χ1v) is 7.31. The summed E-state index contributed by atoms with van der Waals surface area (Å²) in [5.74, 6) is 0.221. The predicted molar refractivity (Wildman–Crippen MR) is 79.4 cm³/mol. The minimum atomic E-state index is -0.851. The monoisotopic (exact) mass is 294 g/mol. The molecule has 0 unspecified atom stereocenters. The Morgan fingerprint density at radius 1 is 1.38 bits per heavy atom. The van der Waals surface area contributed by atoms with Gasteiger partial charge in [0.2, 0.25) is 0 Å². The first-order valence-electron chi connectivity index (χ1n) is 7.31. The lowest BCUT2D eigenvalue weighted by Crippen LogP contribution is -2.38. The van der Waals surface area contributed by atoms with Gasteiger partial charge >= 0.3 is 5.69 Å². The van der Waals surface area contributed by atoms with Crippen molar-refractivity contribution in [2.45, 2.75) is 44.2 Å². The maximum Gasteiger partial charge on any atom is 0.311 e. The molecule has 0 aromatic heterocycles. The van der Waals surface area contributed by atoms with Crippen LogP contribution in [0, 0.1) is 10.1 Å². The van der Waals surface area contributed by atoms with Gasteiger partial charge < -0.3 is 15.2 Å². The number of hydrogen-bond acceptors (Lipinski definition) is 5. The Hall–Kier alpha value is -1.66. The largest absolute Gasteiger partial charge is 0.484 e. The highest BCUT2D eigenvalue weighted by molar-refractivity contribution is 5.48. The quantitative estimate of drug-likeness (QED) is 0.621. The highest BCUT2D eigenvalue weighted by Gasteiger charge is 2.31. The van der Waals surface area contributed by atoms with Crippen LogP contribution in [0.25, 0.3) is 0 Å². The first-order chi connectivity index (χ1) is 10.0. The molecule has 1 aromatic carbocycles. The van der Waals surface area contributed by atoms with Crippen molar-refractivity contribution in [2.75, 3.05) is 13.7 Å². The molecule has 0 amide bonds. The third-order valence-electron chi connectivity index (χ3n) is 3.88. The van der Waals surface area contributed by atoms with Gasteiger partial charge in [-0.05, 0) is 31.5 Å². The third-order valence-corrected chi connectivity index (χ3v) is 3.88.